The third-order valence-corrected chi connectivity index (χ3v) is 15.3. The molecule has 3 amide bonds. The van der Waals surface area contributed by atoms with Gasteiger partial charge in [0, 0.05) is 41.2 Å². The molecule has 4 aliphatic rings. The summed E-state index contributed by atoms with van der Waals surface area (Å²) >= 11 is 0. The molecule has 296 valence electrons. The van der Waals surface area contributed by atoms with E-state index in [9.17, 15) is 19.5 Å². The molecule has 1 fully saturated rings. The predicted octanol–water partition coefficient (Wildman–Crippen LogP) is 8.30. The lowest BCUT2D eigenvalue weighted by Gasteiger charge is -2.37. The number of hydrogen-bond donors (Lipinski definition) is 2. The first-order valence-corrected chi connectivity index (χ1v) is 23.3. The van der Waals surface area contributed by atoms with Gasteiger partial charge in [0.25, 0.3) is 11.8 Å². The minimum absolute atomic E-state index is 0.0417. The van der Waals surface area contributed by atoms with Crippen LogP contribution in [0, 0.1) is 5.92 Å². The first kappa shape index (κ1) is 39.0. The van der Waals surface area contributed by atoms with Gasteiger partial charge in [0.2, 0.25) is 5.91 Å². The Morgan fingerprint density at radius 1 is 0.947 bits per heavy atom. The standard InChI is InChI=1S/C47H53N3O6Si/c1-29(2)12-9-13-30(3)22-23-48-39-21-20-35(50-40-19-11-17-32-16-10-18-37(43(32)40)45(50)53)25-38(39)47(46(48)54)31(4)44(57(5,6)55)41(56-47)26-42(52)49-27-34-15-8-7-14-33(34)24-36(49)28-51/h7-8,10-12,14-22,25,31,36,41,44,51,55H,9,13,23-24,26-28H2,1-6H3/b30-22+/t31-,36-,41+,44-,47+/m0/s1. The highest BCUT2D eigenvalue weighted by atomic mass is 28.4. The lowest BCUT2D eigenvalue weighted by molar-refractivity contribution is -0.150. The maximum absolute atomic E-state index is 15.3. The molecule has 0 unspecified atom stereocenters. The zero-order valence-corrected chi connectivity index (χ0v) is 34.8. The van der Waals surface area contributed by atoms with Gasteiger partial charge in [-0.3, -0.25) is 19.3 Å². The number of rotatable bonds is 10. The van der Waals surface area contributed by atoms with Crippen molar-refractivity contribution in [2.75, 3.05) is 23.0 Å². The van der Waals surface area contributed by atoms with Crippen LogP contribution in [-0.2, 0) is 32.9 Å². The van der Waals surface area contributed by atoms with Crippen molar-refractivity contribution in [2.45, 2.75) is 96.3 Å². The van der Waals surface area contributed by atoms with E-state index in [4.69, 9.17) is 4.74 Å². The van der Waals surface area contributed by atoms with Gasteiger partial charge in [-0.1, -0.05) is 78.8 Å². The van der Waals surface area contributed by atoms with Crippen LogP contribution in [0.3, 0.4) is 0 Å². The summed E-state index contributed by atoms with van der Waals surface area (Å²) in [5.74, 6) is -1.05. The monoisotopic (exact) mass is 783 g/mol. The molecule has 4 aromatic carbocycles. The lowest BCUT2D eigenvalue weighted by atomic mass is 9.82. The Kier molecular flexibility index (Phi) is 10.1. The number of fused-ring (bicyclic) bond motifs is 3. The first-order valence-electron chi connectivity index (χ1n) is 20.2. The van der Waals surface area contributed by atoms with E-state index < -0.39 is 31.5 Å². The van der Waals surface area contributed by atoms with Crippen LogP contribution in [0.4, 0.5) is 17.1 Å². The largest absolute Gasteiger partial charge is 0.432 e. The zero-order valence-electron chi connectivity index (χ0n) is 33.8. The minimum atomic E-state index is -3.10. The summed E-state index contributed by atoms with van der Waals surface area (Å²) in [5.41, 5.74) is 5.98. The van der Waals surface area contributed by atoms with Gasteiger partial charge in [-0.15, -0.1) is 0 Å². The summed E-state index contributed by atoms with van der Waals surface area (Å²) in [6, 6.07) is 25.0. The third-order valence-electron chi connectivity index (χ3n) is 12.8. The number of aliphatic hydroxyl groups is 1. The molecule has 4 aliphatic heterocycles. The van der Waals surface area contributed by atoms with Crippen LogP contribution < -0.4 is 9.80 Å². The molecule has 57 heavy (non-hydrogen) atoms. The molecule has 2 N–H and O–H groups in total. The van der Waals surface area contributed by atoms with E-state index in [2.05, 4.69) is 32.9 Å². The average molecular weight is 784 g/mol. The highest BCUT2D eigenvalue weighted by molar-refractivity contribution is 6.71. The van der Waals surface area contributed by atoms with Crippen LogP contribution >= 0.6 is 0 Å². The maximum Gasteiger partial charge on any atom is 0.264 e. The number of allylic oxidation sites excluding steroid dienone is 3. The Labute approximate surface area is 336 Å². The Balaban J connectivity index is 1.20. The molecule has 9 nitrogen and oxygen atoms in total. The molecule has 0 radical (unpaired) electrons. The van der Waals surface area contributed by atoms with E-state index in [0.29, 0.717) is 42.0 Å². The molecule has 0 saturated carbocycles. The van der Waals surface area contributed by atoms with Gasteiger partial charge in [0.05, 0.1) is 42.1 Å². The van der Waals surface area contributed by atoms with Crippen molar-refractivity contribution in [1.29, 1.82) is 0 Å². The van der Waals surface area contributed by atoms with E-state index in [1.54, 1.807) is 14.7 Å². The summed E-state index contributed by atoms with van der Waals surface area (Å²) in [6.45, 7) is 12.5. The molecule has 8 rings (SSSR count). The first-order chi connectivity index (χ1) is 27.2. The summed E-state index contributed by atoms with van der Waals surface area (Å²) in [4.78, 5) is 61.0. The van der Waals surface area contributed by atoms with Crippen LogP contribution in [0.15, 0.2) is 102 Å². The van der Waals surface area contributed by atoms with E-state index in [-0.39, 0.29) is 36.8 Å². The summed E-state index contributed by atoms with van der Waals surface area (Å²) in [5, 5.41) is 12.3. The topological polar surface area (TPSA) is 111 Å². The molecular formula is C47H53N3O6Si. The molecule has 1 spiro atoms. The van der Waals surface area contributed by atoms with Gasteiger partial charge in [-0.2, -0.15) is 0 Å². The number of nitrogens with zero attached hydrogens (tertiary/aromatic N) is 3. The Bertz CT molecular complexity index is 2340. The highest BCUT2D eigenvalue weighted by Crippen LogP contribution is 2.60. The van der Waals surface area contributed by atoms with Gasteiger partial charge >= 0.3 is 0 Å². The second-order valence-corrected chi connectivity index (χ2v) is 21.2. The lowest BCUT2D eigenvalue weighted by Crippen LogP contribution is -2.48. The van der Waals surface area contributed by atoms with Crippen molar-refractivity contribution in [3.05, 3.63) is 124 Å². The fourth-order valence-corrected chi connectivity index (χ4v) is 12.6. The van der Waals surface area contributed by atoms with Crippen LogP contribution in [0.25, 0.3) is 10.8 Å². The molecule has 5 atom stereocenters. The smallest absolute Gasteiger partial charge is 0.264 e. The fraction of sp³-hybridized carbons (Fsp3) is 0.383. The van der Waals surface area contributed by atoms with Crippen molar-refractivity contribution < 1.29 is 29.0 Å². The Morgan fingerprint density at radius 2 is 1.68 bits per heavy atom. The number of hydrogen-bond acceptors (Lipinski definition) is 6. The maximum atomic E-state index is 15.3. The zero-order chi connectivity index (χ0) is 40.4. The molecular weight excluding hydrogens is 731 g/mol. The minimum Gasteiger partial charge on any atom is -0.432 e. The average Bonchev–Trinajstić information content (AvgIpc) is 3.73. The van der Waals surface area contributed by atoms with Crippen LogP contribution in [-0.4, -0.2) is 66.1 Å². The van der Waals surface area contributed by atoms with Crippen LogP contribution in [0.5, 0.6) is 0 Å². The number of amides is 3. The Hall–Kier alpha value is -4.87. The van der Waals surface area contributed by atoms with Crippen molar-refractivity contribution in [3.63, 3.8) is 0 Å². The molecule has 4 aromatic rings. The summed E-state index contributed by atoms with van der Waals surface area (Å²) < 4.78 is 7.13. The predicted molar refractivity (Wildman–Crippen MR) is 227 cm³/mol. The number of carbonyl (C=O) groups is 3. The van der Waals surface area contributed by atoms with Crippen molar-refractivity contribution >= 4 is 53.9 Å². The van der Waals surface area contributed by atoms with Crippen molar-refractivity contribution in [3.8, 4) is 0 Å². The van der Waals surface area contributed by atoms with Gasteiger partial charge in [-0.25, -0.2) is 0 Å². The van der Waals surface area contributed by atoms with Gasteiger partial charge in [-0.05, 0) is 100.0 Å². The van der Waals surface area contributed by atoms with Gasteiger partial charge in [0.15, 0.2) is 13.9 Å². The Morgan fingerprint density at radius 3 is 2.40 bits per heavy atom. The van der Waals surface area contributed by atoms with Crippen molar-refractivity contribution in [1.82, 2.24) is 4.90 Å². The SMILES string of the molecule is CC(C)=CCC/C(C)=C/CN1C(=O)[C@]2(O[C@H](CC(=O)N3Cc4ccccc4C[C@H]3CO)[C@@H]([Si](C)(C)O)[C@@H]2C)c2cc(N3C(=O)c4cccc5cccc3c45)ccc21. The number of ether oxygens (including phenoxy) is 1. The molecule has 0 aromatic heterocycles. The van der Waals surface area contributed by atoms with E-state index in [1.807, 2.05) is 98.9 Å². The molecule has 0 bridgehead atoms. The van der Waals surface area contributed by atoms with E-state index in [1.165, 1.54) is 11.1 Å². The second kappa shape index (κ2) is 14.8. The van der Waals surface area contributed by atoms with Crippen molar-refractivity contribution in [2.24, 2.45) is 5.92 Å². The number of anilines is 3. The van der Waals surface area contributed by atoms with Crippen LogP contribution in [0.1, 0.15) is 74.0 Å². The second-order valence-electron chi connectivity index (χ2n) is 17.2. The summed E-state index contributed by atoms with van der Waals surface area (Å²) in [7, 11) is -3.10. The normalized spacial score (nSPS) is 24.1. The number of benzene rings is 4. The van der Waals surface area contributed by atoms with Gasteiger partial charge in [0.1, 0.15) is 0 Å². The highest BCUT2D eigenvalue weighted by Gasteiger charge is 2.66. The fourth-order valence-electron chi connectivity index (χ4n) is 10.0. The molecule has 0 aliphatic carbocycles. The molecule has 1 saturated heterocycles. The molecule has 10 heteroatoms. The molecule has 4 heterocycles. The number of aliphatic hydroxyl groups excluding tert-OH is 1. The number of carbonyl (C=O) groups excluding carboxylic acids is 3. The van der Waals surface area contributed by atoms with E-state index in [0.717, 1.165) is 40.4 Å². The van der Waals surface area contributed by atoms with E-state index >= 15 is 4.79 Å². The summed E-state index contributed by atoms with van der Waals surface area (Å²) in [6.07, 6.45) is 5.84. The third kappa shape index (κ3) is 6.56. The quantitative estimate of drug-likeness (QED) is 0.124. The van der Waals surface area contributed by atoms with Crippen LogP contribution in [0.2, 0.25) is 18.6 Å². The van der Waals surface area contributed by atoms with Gasteiger partial charge < -0.3 is 24.4 Å².